The van der Waals surface area contributed by atoms with Crippen molar-refractivity contribution in [1.29, 1.82) is 0 Å². The van der Waals surface area contributed by atoms with Crippen LogP contribution in [0.25, 0.3) is 0 Å². The van der Waals surface area contributed by atoms with Crippen molar-refractivity contribution in [3.05, 3.63) is 29.8 Å². The number of carbonyl (C=O) groups excluding carboxylic acids is 3. The Morgan fingerprint density at radius 1 is 1.28 bits per heavy atom. The first-order valence-electron chi connectivity index (χ1n) is 9.49. The summed E-state index contributed by atoms with van der Waals surface area (Å²) < 4.78 is 5.40. The molecule has 0 bridgehead atoms. The Morgan fingerprint density at radius 2 is 1.97 bits per heavy atom. The Kier molecular flexibility index (Phi) is 6.16. The number of amides is 3. The summed E-state index contributed by atoms with van der Waals surface area (Å²) >= 11 is 1.52. The number of nitrogens with zero attached hydrogens (tertiary/aromatic N) is 2. The molecule has 1 saturated heterocycles. The summed E-state index contributed by atoms with van der Waals surface area (Å²) in [6.45, 7) is 7.35. The Bertz CT molecular complexity index is 832. The predicted molar refractivity (Wildman–Crippen MR) is 113 cm³/mol. The molecule has 0 aliphatic carbocycles. The highest BCUT2D eigenvalue weighted by molar-refractivity contribution is 7.99. The largest absolute Gasteiger partial charge is 0.444 e. The SMILES string of the molecule is CC1CC(=O)NN=C1c1ccc(NC(=O)C2CSCN2C(=O)OC(C)(C)C)cc1. The average molecular weight is 419 g/mol. The lowest BCUT2D eigenvalue weighted by atomic mass is 9.94. The molecule has 9 heteroatoms. The van der Waals surface area contributed by atoms with E-state index in [2.05, 4.69) is 15.8 Å². The molecule has 8 nitrogen and oxygen atoms in total. The van der Waals surface area contributed by atoms with E-state index in [9.17, 15) is 14.4 Å². The fourth-order valence-electron chi connectivity index (χ4n) is 3.11. The molecule has 2 atom stereocenters. The number of anilines is 1. The molecule has 0 saturated carbocycles. The second-order valence-electron chi connectivity index (χ2n) is 8.17. The molecule has 2 heterocycles. The normalized spacial score (nSPS) is 22.0. The predicted octanol–water partition coefficient (Wildman–Crippen LogP) is 2.80. The van der Waals surface area contributed by atoms with E-state index in [1.54, 1.807) is 32.9 Å². The Balaban J connectivity index is 1.64. The van der Waals surface area contributed by atoms with E-state index < -0.39 is 17.7 Å². The zero-order valence-electron chi connectivity index (χ0n) is 17.0. The van der Waals surface area contributed by atoms with Gasteiger partial charge < -0.3 is 10.1 Å². The summed E-state index contributed by atoms with van der Waals surface area (Å²) in [5, 5.41) is 7.01. The van der Waals surface area contributed by atoms with E-state index in [1.165, 1.54) is 16.7 Å². The van der Waals surface area contributed by atoms with Gasteiger partial charge in [0.2, 0.25) is 11.8 Å². The third-order valence-electron chi connectivity index (χ3n) is 4.52. The third kappa shape index (κ3) is 5.29. The summed E-state index contributed by atoms with van der Waals surface area (Å²) in [7, 11) is 0. The first-order valence-corrected chi connectivity index (χ1v) is 10.6. The molecule has 0 spiro atoms. The van der Waals surface area contributed by atoms with Gasteiger partial charge in [0.05, 0.1) is 11.6 Å². The quantitative estimate of drug-likeness (QED) is 0.786. The zero-order valence-corrected chi connectivity index (χ0v) is 17.8. The lowest BCUT2D eigenvalue weighted by molar-refractivity contribution is -0.122. The van der Waals surface area contributed by atoms with Crippen LogP contribution in [-0.2, 0) is 14.3 Å². The number of rotatable bonds is 3. The summed E-state index contributed by atoms with van der Waals surface area (Å²) in [6, 6.07) is 6.72. The van der Waals surface area contributed by atoms with Gasteiger partial charge in [0.25, 0.3) is 0 Å². The lowest BCUT2D eigenvalue weighted by Crippen LogP contribution is -2.46. The van der Waals surface area contributed by atoms with E-state index in [4.69, 9.17) is 4.74 Å². The number of thioether (sulfide) groups is 1. The van der Waals surface area contributed by atoms with Crippen LogP contribution in [0.15, 0.2) is 29.4 Å². The molecule has 0 aromatic heterocycles. The van der Waals surface area contributed by atoms with Crippen LogP contribution >= 0.6 is 11.8 Å². The molecule has 0 radical (unpaired) electrons. The first-order chi connectivity index (χ1) is 13.6. The van der Waals surface area contributed by atoms with Gasteiger partial charge in [-0.05, 0) is 38.5 Å². The molecule has 156 valence electrons. The highest BCUT2D eigenvalue weighted by Gasteiger charge is 2.37. The van der Waals surface area contributed by atoms with Crippen LogP contribution in [0.3, 0.4) is 0 Å². The minimum absolute atomic E-state index is 0.0297. The Morgan fingerprint density at radius 3 is 2.59 bits per heavy atom. The van der Waals surface area contributed by atoms with Gasteiger partial charge in [-0.15, -0.1) is 11.8 Å². The highest BCUT2D eigenvalue weighted by Crippen LogP contribution is 2.25. The van der Waals surface area contributed by atoms with Gasteiger partial charge in [-0.25, -0.2) is 10.2 Å². The van der Waals surface area contributed by atoms with Crippen molar-refractivity contribution in [3.8, 4) is 0 Å². The zero-order chi connectivity index (χ0) is 21.2. The minimum Gasteiger partial charge on any atom is -0.444 e. The molecule has 3 rings (SSSR count). The van der Waals surface area contributed by atoms with Gasteiger partial charge in [-0.2, -0.15) is 5.10 Å². The lowest BCUT2D eigenvalue weighted by Gasteiger charge is -2.27. The second kappa shape index (κ2) is 8.44. The van der Waals surface area contributed by atoms with E-state index in [1.807, 2.05) is 19.1 Å². The topological polar surface area (TPSA) is 100 Å². The van der Waals surface area contributed by atoms with Crippen LogP contribution in [-0.4, -0.2) is 51.8 Å². The van der Waals surface area contributed by atoms with Crippen LogP contribution in [0.4, 0.5) is 10.5 Å². The molecular weight excluding hydrogens is 392 g/mol. The molecule has 2 N–H and O–H groups in total. The maximum atomic E-state index is 12.7. The molecule has 1 aromatic carbocycles. The average Bonchev–Trinajstić information content (AvgIpc) is 3.11. The molecule has 2 aliphatic heterocycles. The second-order valence-corrected chi connectivity index (χ2v) is 9.17. The van der Waals surface area contributed by atoms with Gasteiger partial charge in [0, 0.05) is 23.8 Å². The number of benzene rings is 1. The van der Waals surface area contributed by atoms with Gasteiger partial charge in [-0.1, -0.05) is 19.1 Å². The number of hydrazone groups is 1. The molecule has 1 fully saturated rings. The fourth-order valence-corrected chi connectivity index (χ4v) is 4.25. The molecule has 29 heavy (non-hydrogen) atoms. The molecule has 1 aromatic rings. The maximum Gasteiger partial charge on any atom is 0.411 e. The number of carbonyl (C=O) groups is 3. The Labute approximate surface area is 174 Å². The Hall–Kier alpha value is -2.55. The van der Waals surface area contributed by atoms with E-state index in [0.717, 1.165) is 11.3 Å². The maximum absolute atomic E-state index is 12.7. The molecule has 2 unspecified atom stereocenters. The summed E-state index contributed by atoms with van der Waals surface area (Å²) in [5.41, 5.74) is 4.23. The minimum atomic E-state index is -0.611. The van der Waals surface area contributed by atoms with E-state index in [0.29, 0.717) is 23.7 Å². The monoisotopic (exact) mass is 418 g/mol. The summed E-state index contributed by atoms with van der Waals surface area (Å²) in [6.07, 6.45) is -0.0821. The van der Waals surface area contributed by atoms with Crippen molar-refractivity contribution in [2.75, 3.05) is 16.9 Å². The molecule has 3 amide bonds. The van der Waals surface area contributed by atoms with Crippen molar-refractivity contribution in [2.45, 2.75) is 45.8 Å². The van der Waals surface area contributed by atoms with Gasteiger partial charge in [0.15, 0.2) is 0 Å². The molecule has 2 aliphatic rings. The van der Waals surface area contributed by atoms with Crippen molar-refractivity contribution in [2.24, 2.45) is 11.0 Å². The van der Waals surface area contributed by atoms with Crippen molar-refractivity contribution in [1.82, 2.24) is 10.3 Å². The molecular formula is C20H26N4O4S. The van der Waals surface area contributed by atoms with Crippen LogP contribution in [0.2, 0.25) is 0 Å². The number of hydrogen-bond donors (Lipinski definition) is 2. The van der Waals surface area contributed by atoms with Crippen molar-refractivity contribution < 1.29 is 19.1 Å². The first kappa shape index (κ1) is 21.2. The van der Waals surface area contributed by atoms with Crippen LogP contribution < -0.4 is 10.7 Å². The van der Waals surface area contributed by atoms with Gasteiger partial charge in [0.1, 0.15) is 11.6 Å². The standard InChI is InChI=1S/C20H26N4O4S/c1-12-9-16(25)22-23-17(12)13-5-7-14(8-6-13)21-18(26)15-10-29-11-24(15)19(27)28-20(2,3)4/h5-8,12,15H,9-11H2,1-4H3,(H,21,26)(H,22,25). The third-order valence-corrected chi connectivity index (χ3v) is 5.53. The van der Waals surface area contributed by atoms with Gasteiger partial charge >= 0.3 is 6.09 Å². The number of nitrogens with one attached hydrogen (secondary N) is 2. The fraction of sp³-hybridized carbons (Fsp3) is 0.500. The number of hydrogen-bond acceptors (Lipinski definition) is 6. The van der Waals surface area contributed by atoms with Crippen LogP contribution in [0.5, 0.6) is 0 Å². The number of ether oxygens (including phenoxy) is 1. The van der Waals surface area contributed by atoms with Crippen molar-refractivity contribution in [3.63, 3.8) is 0 Å². The van der Waals surface area contributed by atoms with E-state index in [-0.39, 0.29) is 17.7 Å². The van der Waals surface area contributed by atoms with Crippen molar-refractivity contribution >= 4 is 41.1 Å². The van der Waals surface area contributed by atoms with Gasteiger partial charge in [-0.3, -0.25) is 14.5 Å². The summed E-state index contributed by atoms with van der Waals surface area (Å²) in [4.78, 5) is 38.0. The highest BCUT2D eigenvalue weighted by atomic mass is 32.2. The van der Waals surface area contributed by atoms with Crippen LogP contribution in [0, 0.1) is 5.92 Å². The smallest absolute Gasteiger partial charge is 0.411 e. The van der Waals surface area contributed by atoms with Crippen LogP contribution in [0.1, 0.15) is 39.7 Å². The summed E-state index contributed by atoms with van der Waals surface area (Å²) in [5.74, 6) is 0.646. The van der Waals surface area contributed by atoms with E-state index >= 15 is 0 Å².